The second-order valence-corrected chi connectivity index (χ2v) is 2.82. The third-order valence-corrected chi connectivity index (χ3v) is 1.80. The van der Waals surface area contributed by atoms with Crippen molar-refractivity contribution in [3.63, 3.8) is 0 Å². The van der Waals surface area contributed by atoms with Gasteiger partial charge in [-0.05, 0) is 31.4 Å². The van der Waals surface area contributed by atoms with Crippen LogP contribution >= 0.6 is 0 Å². The lowest BCUT2D eigenvalue weighted by molar-refractivity contribution is 0.799. The molecule has 0 aromatic carbocycles. The minimum atomic E-state index is -0.0512. The summed E-state index contributed by atoms with van der Waals surface area (Å²) in [7, 11) is 0. The molecule has 12 heavy (non-hydrogen) atoms. The molecule has 0 aliphatic rings. The zero-order valence-corrected chi connectivity index (χ0v) is 7.33. The van der Waals surface area contributed by atoms with Gasteiger partial charge in [-0.1, -0.05) is 0 Å². The van der Waals surface area contributed by atoms with E-state index in [2.05, 4.69) is 10.9 Å². The highest BCUT2D eigenvalue weighted by Gasteiger charge is 2.08. The topological polar surface area (TPSA) is 38.9 Å². The molecule has 62 valence electrons. The number of nitrogens with zero attached hydrogens (tertiary/aromatic N) is 1. The van der Waals surface area contributed by atoms with Crippen LogP contribution in [-0.4, -0.2) is 4.98 Å². The quantitative estimate of drug-likeness (QED) is 0.630. The lowest BCUT2D eigenvalue weighted by Crippen LogP contribution is -2.10. The molecule has 1 aromatic heterocycles. The summed E-state index contributed by atoms with van der Waals surface area (Å²) in [4.78, 5) is 4.06. The highest BCUT2D eigenvalue weighted by Crippen LogP contribution is 2.17. The standard InChI is InChI=1S/C10H12N2/c1-4-9-10(8(3)11)7(2)5-6-12-9/h1,5-6,8H,11H2,2-3H3/t8-/m0/s1. The highest BCUT2D eigenvalue weighted by molar-refractivity contribution is 5.40. The van der Waals surface area contributed by atoms with Gasteiger partial charge in [0, 0.05) is 17.8 Å². The number of hydrogen-bond donors (Lipinski definition) is 1. The first-order valence-electron chi connectivity index (χ1n) is 3.84. The van der Waals surface area contributed by atoms with Gasteiger partial charge in [-0.2, -0.15) is 0 Å². The van der Waals surface area contributed by atoms with Crippen molar-refractivity contribution in [1.29, 1.82) is 0 Å². The predicted molar refractivity (Wildman–Crippen MR) is 49.5 cm³/mol. The summed E-state index contributed by atoms with van der Waals surface area (Å²) in [6, 6.07) is 1.87. The van der Waals surface area contributed by atoms with Crippen LogP contribution < -0.4 is 5.73 Å². The van der Waals surface area contributed by atoms with Gasteiger partial charge >= 0.3 is 0 Å². The zero-order valence-electron chi connectivity index (χ0n) is 7.33. The van der Waals surface area contributed by atoms with E-state index in [4.69, 9.17) is 12.2 Å². The Morgan fingerprint density at radius 3 is 2.75 bits per heavy atom. The normalized spacial score (nSPS) is 12.2. The molecule has 1 atom stereocenters. The van der Waals surface area contributed by atoms with E-state index in [9.17, 15) is 0 Å². The van der Waals surface area contributed by atoms with Gasteiger partial charge in [0.05, 0.1) is 0 Å². The zero-order chi connectivity index (χ0) is 9.14. The summed E-state index contributed by atoms with van der Waals surface area (Å²) < 4.78 is 0. The number of terminal acetylenes is 1. The number of hydrogen-bond acceptors (Lipinski definition) is 2. The average molecular weight is 160 g/mol. The summed E-state index contributed by atoms with van der Waals surface area (Å²) in [6.07, 6.45) is 6.99. The fourth-order valence-corrected chi connectivity index (χ4v) is 1.26. The number of pyridine rings is 1. The van der Waals surface area contributed by atoms with Gasteiger partial charge in [-0.15, -0.1) is 6.42 Å². The molecule has 0 aliphatic heterocycles. The van der Waals surface area contributed by atoms with Crippen molar-refractivity contribution < 1.29 is 0 Å². The molecule has 0 radical (unpaired) electrons. The molecule has 2 nitrogen and oxygen atoms in total. The van der Waals surface area contributed by atoms with Gasteiger partial charge in [0.15, 0.2) is 0 Å². The Morgan fingerprint density at radius 2 is 2.33 bits per heavy atom. The van der Waals surface area contributed by atoms with Crippen molar-refractivity contribution in [1.82, 2.24) is 4.98 Å². The molecule has 0 aliphatic carbocycles. The Balaban J connectivity index is 3.32. The van der Waals surface area contributed by atoms with E-state index < -0.39 is 0 Å². The van der Waals surface area contributed by atoms with Gasteiger partial charge < -0.3 is 5.73 Å². The molecule has 0 saturated heterocycles. The van der Waals surface area contributed by atoms with E-state index >= 15 is 0 Å². The molecule has 0 fully saturated rings. The third-order valence-electron chi connectivity index (χ3n) is 1.80. The van der Waals surface area contributed by atoms with Crippen molar-refractivity contribution in [2.75, 3.05) is 0 Å². The van der Waals surface area contributed by atoms with Gasteiger partial charge in [-0.25, -0.2) is 4.98 Å². The van der Waals surface area contributed by atoms with Crippen LogP contribution in [0.4, 0.5) is 0 Å². The summed E-state index contributed by atoms with van der Waals surface area (Å²) in [5.41, 5.74) is 8.49. The Hall–Kier alpha value is -1.33. The number of aryl methyl sites for hydroxylation is 1. The summed E-state index contributed by atoms with van der Waals surface area (Å²) in [6.45, 7) is 3.89. The van der Waals surface area contributed by atoms with Crippen molar-refractivity contribution >= 4 is 0 Å². The molecule has 0 bridgehead atoms. The van der Waals surface area contributed by atoms with Gasteiger partial charge in [-0.3, -0.25) is 0 Å². The van der Waals surface area contributed by atoms with Crippen LogP contribution in [0.2, 0.25) is 0 Å². The number of rotatable bonds is 1. The summed E-state index contributed by atoms with van der Waals surface area (Å²) >= 11 is 0. The van der Waals surface area contributed by atoms with E-state index in [0.29, 0.717) is 5.69 Å². The summed E-state index contributed by atoms with van der Waals surface area (Å²) in [5, 5.41) is 0. The first kappa shape index (κ1) is 8.76. The first-order chi connectivity index (χ1) is 5.66. The maximum atomic E-state index is 5.76. The number of aromatic nitrogens is 1. The highest BCUT2D eigenvalue weighted by atomic mass is 14.7. The predicted octanol–water partition coefficient (Wildman–Crippen LogP) is 1.39. The van der Waals surface area contributed by atoms with Crippen LogP contribution in [0.15, 0.2) is 12.3 Å². The molecule has 0 saturated carbocycles. The first-order valence-corrected chi connectivity index (χ1v) is 3.84. The summed E-state index contributed by atoms with van der Waals surface area (Å²) in [5.74, 6) is 2.53. The van der Waals surface area contributed by atoms with Gasteiger partial charge in [0.2, 0.25) is 0 Å². The molecular weight excluding hydrogens is 148 g/mol. The second-order valence-electron chi connectivity index (χ2n) is 2.82. The monoisotopic (exact) mass is 160 g/mol. The lowest BCUT2D eigenvalue weighted by Gasteiger charge is -2.10. The van der Waals surface area contributed by atoms with Gasteiger partial charge in [0.25, 0.3) is 0 Å². The maximum Gasteiger partial charge on any atom is 0.117 e. The molecule has 1 aromatic rings. The molecule has 2 N–H and O–H groups in total. The van der Waals surface area contributed by atoms with Crippen LogP contribution in [0.3, 0.4) is 0 Å². The maximum absolute atomic E-state index is 5.76. The van der Waals surface area contributed by atoms with Crippen LogP contribution in [0.1, 0.15) is 29.8 Å². The van der Waals surface area contributed by atoms with E-state index in [1.54, 1.807) is 6.20 Å². The van der Waals surface area contributed by atoms with E-state index in [-0.39, 0.29) is 6.04 Å². The second kappa shape index (κ2) is 3.38. The minimum Gasteiger partial charge on any atom is -0.324 e. The third kappa shape index (κ3) is 1.46. The minimum absolute atomic E-state index is 0.0512. The lowest BCUT2D eigenvalue weighted by atomic mass is 10.0. The molecular formula is C10H12N2. The van der Waals surface area contributed by atoms with Crippen molar-refractivity contribution in [2.45, 2.75) is 19.9 Å². The van der Waals surface area contributed by atoms with E-state index in [1.807, 2.05) is 19.9 Å². The number of nitrogens with two attached hydrogens (primary N) is 1. The molecule has 0 amide bonds. The molecule has 2 heteroatoms. The van der Waals surface area contributed by atoms with Crippen molar-refractivity contribution in [2.24, 2.45) is 5.73 Å². The van der Waals surface area contributed by atoms with Crippen LogP contribution in [0.25, 0.3) is 0 Å². The Labute approximate surface area is 72.8 Å². The fraction of sp³-hybridized carbons (Fsp3) is 0.300. The van der Waals surface area contributed by atoms with Crippen LogP contribution in [0.5, 0.6) is 0 Å². The van der Waals surface area contributed by atoms with Crippen LogP contribution in [-0.2, 0) is 0 Å². The Kier molecular flexibility index (Phi) is 2.47. The van der Waals surface area contributed by atoms with E-state index in [0.717, 1.165) is 11.1 Å². The SMILES string of the molecule is C#Cc1nccc(C)c1[C@H](C)N. The van der Waals surface area contributed by atoms with Gasteiger partial charge in [0.1, 0.15) is 5.69 Å². The van der Waals surface area contributed by atoms with Crippen molar-refractivity contribution in [3.8, 4) is 12.3 Å². The molecule has 0 spiro atoms. The smallest absolute Gasteiger partial charge is 0.117 e. The molecule has 0 unspecified atom stereocenters. The fourth-order valence-electron chi connectivity index (χ4n) is 1.26. The Morgan fingerprint density at radius 1 is 1.67 bits per heavy atom. The largest absolute Gasteiger partial charge is 0.324 e. The Bertz CT molecular complexity index is 321. The van der Waals surface area contributed by atoms with Crippen molar-refractivity contribution in [3.05, 3.63) is 29.1 Å². The van der Waals surface area contributed by atoms with Crippen LogP contribution in [0, 0.1) is 19.3 Å². The molecule has 1 heterocycles. The molecule has 1 rings (SSSR count). The average Bonchev–Trinajstić information content (AvgIpc) is 2.03. The van der Waals surface area contributed by atoms with E-state index in [1.165, 1.54) is 0 Å².